The number of carbonyl (C=O) groups excluding carboxylic acids is 1. The molecule has 2 aliphatic carbocycles. The summed E-state index contributed by atoms with van der Waals surface area (Å²) in [5.41, 5.74) is 0. The van der Waals surface area contributed by atoms with E-state index in [2.05, 4.69) is 5.32 Å². The third kappa shape index (κ3) is 6.13. The molecule has 1 amide bonds. The zero-order chi connectivity index (χ0) is 16.7. The summed E-state index contributed by atoms with van der Waals surface area (Å²) < 4.78 is 0. The summed E-state index contributed by atoms with van der Waals surface area (Å²) in [4.78, 5) is 22.8. The molecule has 0 aromatic carbocycles. The summed E-state index contributed by atoms with van der Waals surface area (Å²) in [5, 5.41) is 21.8. The fraction of sp³-hybridized carbons (Fsp3) is 0.889. The average Bonchev–Trinajstić information content (AvgIpc) is 2.53. The molecule has 23 heavy (non-hydrogen) atoms. The summed E-state index contributed by atoms with van der Waals surface area (Å²) in [6, 6.07) is 0.256. The van der Waals surface area contributed by atoms with E-state index < -0.39 is 12.1 Å². The van der Waals surface area contributed by atoms with Crippen LogP contribution in [-0.2, 0) is 9.59 Å². The van der Waals surface area contributed by atoms with E-state index in [-0.39, 0.29) is 24.3 Å². The molecule has 0 aliphatic heterocycles. The van der Waals surface area contributed by atoms with E-state index in [9.17, 15) is 14.7 Å². The van der Waals surface area contributed by atoms with Gasteiger partial charge in [-0.05, 0) is 50.9 Å². The van der Waals surface area contributed by atoms with Gasteiger partial charge < -0.3 is 15.5 Å². The molecule has 2 aliphatic rings. The molecule has 132 valence electrons. The lowest BCUT2D eigenvalue weighted by Crippen LogP contribution is -2.45. The van der Waals surface area contributed by atoms with Gasteiger partial charge in [-0.2, -0.15) is 0 Å². The second-order valence-corrected chi connectivity index (χ2v) is 7.32. The van der Waals surface area contributed by atoms with Gasteiger partial charge in [-0.25, -0.2) is 0 Å². The number of carboxylic acid groups (broad SMARTS) is 1. The van der Waals surface area contributed by atoms with Crippen LogP contribution in [0.4, 0.5) is 0 Å². The molecular weight excluding hydrogens is 294 g/mol. The van der Waals surface area contributed by atoms with Crippen molar-refractivity contribution in [2.75, 3.05) is 0 Å². The molecule has 2 rings (SSSR count). The molecule has 2 atom stereocenters. The number of aliphatic hydroxyl groups is 1. The Labute approximate surface area is 138 Å². The predicted molar refractivity (Wildman–Crippen MR) is 88.0 cm³/mol. The highest BCUT2D eigenvalue weighted by atomic mass is 16.4. The lowest BCUT2D eigenvalue weighted by molar-refractivity contribution is -0.137. The van der Waals surface area contributed by atoms with E-state index in [0.29, 0.717) is 5.92 Å². The number of aliphatic hydroxyl groups excluding tert-OH is 1. The number of hydrogen-bond donors (Lipinski definition) is 3. The smallest absolute Gasteiger partial charge is 0.303 e. The number of nitrogens with one attached hydrogen (secondary N) is 1. The average molecular weight is 325 g/mol. The summed E-state index contributed by atoms with van der Waals surface area (Å²) in [6.45, 7) is 0. The molecule has 5 heteroatoms. The van der Waals surface area contributed by atoms with E-state index in [1.165, 1.54) is 0 Å². The first-order chi connectivity index (χ1) is 11.1. The van der Waals surface area contributed by atoms with E-state index in [1.54, 1.807) is 0 Å². The van der Waals surface area contributed by atoms with Crippen LogP contribution in [0.5, 0.6) is 0 Å². The Morgan fingerprint density at radius 2 is 1.65 bits per heavy atom. The van der Waals surface area contributed by atoms with Crippen LogP contribution in [-0.4, -0.2) is 34.2 Å². The van der Waals surface area contributed by atoms with Gasteiger partial charge in [-0.15, -0.1) is 0 Å². The number of rotatable bonds is 7. The zero-order valence-corrected chi connectivity index (χ0v) is 14.0. The molecule has 0 heterocycles. The largest absolute Gasteiger partial charge is 0.481 e. The van der Waals surface area contributed by atoms with Gasteiger partial charge in [0.15, 0.2) is 0 Å². The first kappa shape index (κ1) is 18.2. The number of carboxylic acids is 1. The summed E-state index contributed by atoms with van der Waals surface area (Å²) in [6.07, 6.45) is 10.6. The molecule has 0 bridgehead atoms. The van der Waals surface area contributed by atoms with Crippen LogP contribution in [0.3, 0.4) is 0 Å². The molecule has 0 radical (unpaired) electrons. The topological polar surface area (TPSA) is 86.6 Å². The van der Waals surface area contributed by atoms with Gasteiger partial charge in [0.05, 0.1) is 12.0 Å². The summed E-state index contributed by atoms with van der Waals surface area (Å²) >= 11 is 0. The Morgan fingerprint density at radius 3 is 2.30 bits per heavy atom. The van der Waals surface area contributed by atoms with Gasteiger partial charge in [0, 0.05) is 12.5 Å². The fourth-order valence-corrected chi connectivity index (χ4v) is 4.03. The highest BCUT2D eigenvalue weighted by molar-refractivity contribution is 5.79. The minimum atomic E-state index is -0.707. The van der Waals surface area contributed by atoms with Crippen molar-refractivity contribution >= 4 is 11.9 Å². The predicted octanol–water partition coefficient (Wildman–Crippen LogP) is 2.86. The lowest BCUT2D eigenvalue weighted by atomic mass is 9.82. The third-order valence-electron chi connectivity index (χ3n) is 5.51. The molecular formula is C18H31NO4. The third-order valence-corrected chi connectivity index (χ3v) is 5.51. The molecule has 3 N–H and O–H groups in total. The van der Waals surface area contributed by atoms with Gasteiger partial charge in [0.1, 0.15) is 0 Å². The van der Waals surface area contributed by atoms with Crippen molar-refractivity contribution in [2.24, 2.45) is 11.8 Å². The van der Waals surface area contributed by atoms with Crippen molar-refractivity contribution in [1.82, 2.24) is 5.32 Å². The van der Waals surface area contributed by atoms with Gasteiger partial charge >= 0.3 is 5.97 Å². The number of carbonyl (C=O) groups is 2. The van der Waals surface area contributed by atoms with Gasteiger partial charge in [0.25, 0.3) is 0 Å². The van der Waals surface area contributed by atoms with Crippen molar-refractivity contribution in [1.29, 1.82) is 0 Å². The molecule has 0 aromatic rings. The van der Waals surface area contributed by atoms with Crippen LogP contribution in [0.15, 0.2) is 0 Å². The van der Waals surface area contributed by atoms with Gasteiger partial charge in [-0.1, -0.05) is 25.7 Å². The maximum atomic E-state index is 12.3. The summed E-state index contributed by atoms with van der Waals surface area (Å²) in [5.74, 6) is -0.196. The monoisotopic (exact) mass is 325 g/mol. The van der Waals surface area contributed by atoms with Crippen molar-refractivity contribution in [3.8, 4) is 0 Å². The van der Waals surface area contributed by atoms with Crippen LogP contribution in [0, 0.1) is 11.8 Å². The van der Waals surface area contributed by atoms with Crippen LogP contribution < -0.4 is 5.32 Å². The van der Waals surface area contributed by atoms with E-state index in [1.807, 2.05) is 0 Å². The van der Waals surface area contributed by atoms with Gasteiger partial charge in [-0.3, -0.25) is 9.59 Å². The minimum Gasteiger partial charge on any atom is -0.481 e. The Kier molecular flexibility index (Phi) is 7.34. The zero-order valence-electron chi connectivity index (χ0n) is 14.0. The van der Waals surface area contributed by atoms with Crippen molar-refractivity contribution in [2.45, 2.75) is 89.2 Å². The number of amides is 1. The van der Waals surface area contributed by atoms with Crippen molar-refractivity contribution in [3.05, 3.63) is 0 Å². The van der Waals surface area contributed by atoms with Gasteiger partial charge in [0.2, 0.25) is 5.91 Å². The first-order valence-electron chi connectivity index (χ1n) is 9.26. The molecule has 0 aromatic heterocycles. The fourth-order valence-electron chi connectivity index (χ4n) is 4.03. The number of unbranched alkanes of at least 4 members (excludes halogenated alkanes) is 1. The highest BCUT2D eigenvalue weighted by Crippen LogP contribution is 2.30. The number of aliphatic carboxylic acids is 1. The molecule has 2 fully saturated rings. The van der Waals surface area contributed by atoms with E-state index in [4.69, 9.17) is 5.11 Å². The maximum Gasteiger partial charge on any atom is 0.303 e. The Morgan fingerprint density at radius 1 is 0.957 bits per heavy atom. The SMILES string of the molecule is O=C(O)CCCCC1CCC(NC(=O)C2CCCCC2O)CC1. The number of hydrogen-bond acceptors (Lipinski definition) is 3. The Balaban J connectivity index is 1.62. The van der Waals surface area contributed by atoms with Crippen molar-refractivity contribution < 1.29 is 19.8 Å². The van der Waals surface area contributed by atoms with Crippen LogP contribution in [0.2, 0.25) is 0 Å². The quantitative estimate of drug-likeness (QED) is 0.628. The minimum absolute atomic E-state index is 0.0436. The molecule has 0 saturated heterocycles. The molecule has 5 nitrogen and oxygen atoms in total. The maximum absolute atomic E-state index is 12.3. The van der Waals surface area contributed by atoms with Crippen LogP contribution >= 0.6 is 0 Å². The molecule has 2 unspecified atom stereocenters. The molecule has 2 saturated carbocycles. The highest BCUT2D eigenvalue weighted by Gasteiger charge is 2.31. The Hall–Kier alpha value is -1.10. The summed E-state index contributed by atoms with van der Waals surface area (Å²) in [7, 11) is 0. The second-order valence-electron chi connectivity index (χ2n) is 7.32. The second kappa shape index (κ2) is 9.26. The van der Waals surface area contributed by atoms with Crippen LogP contribution in [0.25, 0.3) is 0 Å². The van der Waals surface area contributed by atoms with Crippen molar-refractivity contribution in [3.63, 3.8) is 0 Å². The van der Waals surface area contributed by atoms with E-state index in [0.717, 1.165) is 70.6 Å². The Bertz CT molecular complexity index is 390. The standard InChI is InChI=1S/C18H31NO4/c20-16-7-3-2-6-15(16)18(23)19-14-11-9-13(10-12-14)5-1-4-8-17(21)22/h13-16,20H,1-12H2,(H,19,23)(H,21,22). The van der Waals surface area contributed by atoms with E-state index >= 15 is 0 Å². The lowest BCUT2D eigenvalue weighted by Gasteiger charge is -2.32. The van der Waals surface area contributed by atoms with Crippen LogP contribution in [0.1, 0.15) is 77.0 Å². The first-order valence-corrected chi connectivity index (χ1v) is 9.26. The molecule has 0 spiro atoms. The normalized spacial score (nSPS) is 31.5.